The summed E-state index contributed by atoms with van der Waals surface area (Å²) in [6.07, 6.45) is 0. The minimum atomic E-state index is -0.862. The number of methoxy groups -OCH3 is 1. The first-order chi connectivity index (χ1) is 15.3. The van der Waals surface area contributed by atoms with Crippen LogP contribution in [-0.4, -0.2) is 29.0 Å². The van der Waals surface area contributed by atoms with E-state index in [-0.39, 0.29) is 17.1 Å². The van der Waals surface area contributed by atoms with Crippen LogP contribution in [0.15, 0.2) is 76.8 Å². The number of phenolic OH excluding ortho intramolecular Hbond substituents is 1. The van der Waals surface area contributed by atoms with Crippen LogP contribution < -0.4 is 9.64 Å². The van der Waals surface area contributed by atoms with Gasteiger partial charge in [0.25, 0.3) is 11.7 Å². The number of hydrogen-bond acceptors (Lipinski definition) is 5. The van der Waals surface area contributed by atoms with Crippen LogP contribution in [0.1, 0.15) is 22.7 Å². The highest BCUT2D eigenvalue weighted by molar-refractivity contribution is 9.10. The van der Waals surface area contributed by atoms with Gasteiger partial charge in [-0.25, -0.2) is 0 Å². The molecule has 7 heteroatoms. The van der Waals surface area contributed by atoms with Crippen LogP contribution in [0.3, 0.4) is 0 Å². The van der Waals surface area contributed by atoms with Crippen molar-refractivity contribution in [3.8, 4) is 11.5 Å². The lowest BCUT2D eigenvalue weighted by Crippen LogP contribution is -2.29. The van der Waals surface area contributed by atoms with Crippen molar-refractivity contribution in [2.45, 2.75) is 13.0 Å². The molecule has 4 rings (SSSR count). The molecule has 1 atom stereocenters. The van der Waals surface area contributed by atoms with E-state index in [1.165, 1.54) is 24.1 Å². The molecule has 1 heterocycles. The summed E-state index contributed by atoms with van der Waals surface area (Å²) >= 11 is 3.39. The molecule has 0 spiro atoms. The molecule has 0 aliphatic carbocycles. The van der Waals surface area contributed by atoms with Crippen LogP contribution in [0, 0.1) is 6.92 Å². The molecule has 162 valence electrons. The van der Waals surface area contributed by atoms with Gasteiger partial charge in [-0.1, -0.05) is 29.8 Å². The average molecular weight is 494 g/mol. The molecule has 3 aromatic rings. The summed E-state index contributed by atoms with van der Waals surface area (Å²) in [5.41, 5.74) is 2.46. The monoisotopic (exact) mass is 493 g/mol. The maximum absolute atomic E-state index is 13.1. The molecule has 0 saturated carbocycles. The first-order valence-electron chi connectivity index (χ1n) is 9.82. The Morgan fingerprint density at radius 3 is 2.25 bits per heavy atom. The van der Waals surface area contributed by atoms with Crippen molar-refractivity contribution in [3.05, 3.63) is 93.5 Å². The number of rotatable bonds is 4. The zero-order chi connectivity index (χ0) is 23.0. The Morgan fingerprint density at radius 1 is 1.00 bits per heavy atom. The number of amides is 1. The van der Waals surface area contributed by atoms with Crippen molar-refractivity contribution in [1.82, 2.24) is 0 Å². The fraction of sp³-hybridized carbons (Fsp3) is 0.120. The van der Waals surface area contributed by atoms with E-state index >= 15 is 0 Å². The fourth-order valence-electron chi connectivity index (χ4n) is 3.75. The number of aromatic hydroxyl groups is 1. The average Bonchev–Trinajstić information content (AvgIpc) is 3.05. The standard InChI is InChI=1S/C25H20BrNO5/c1-14-3-8-17(9-4-14)27-22(15-5-10-18(28)11-6-15)21(24(30)25(27)31)23(29)16-7-12-20(32-2)19(26)13-16/h3-13,22,28-29H,1-2H3/b23-21-. The zero-order valence-corrected chi connectivity index (χ0v) is 19.0. The predicted molar refractivity (Wildman–Crippen MR) is 125 cm³/mol. The van der Waals surface area contributed by atoms with Gasteiger partial charge in [-0.15, -0.1) is 0 Å². The van der Waals surface area contributed by atoms with Crippen molar-refractivity contribution in [1.29, 1.82) is 0 Å². The third kappa shape index (κ3) is 3.76. The Balaban J connectivity index is 1.93. The van der Waals surface area contributed by atoms with Gasteiger partial charge in [-0.3, -0.25) is 14.5 Å². The molecule has 3 aromatic carbocycles. The number of ether oxygens (including phenoxy) is 1. The van der Waals surface area contributed by atoms with E-state index < -0.39 is 17.7 Å². The van der Waals surface area contributed by atoms with Gasteiger partial charge in [0.15, 0.2) is 0 Å². The third-order valence-corrected chi connectivity index (χ3v) is 6.01. The normalized spacial score (nSPS) is 17.6. The van der Waals surface area contributed by atoms with E-state index in [0.29, 0.717) is 27.0 Å². The molecular weight excluding hydrogens is 474 g/mol. The Labute approximate surface area is 193 Å². The predicted octanol–water partition coefficient (Wildman–Crippen LogP) is 5.10. The molecule has 1 unspecified atom stereocenters. The van der Waals surface area contributed by atoms with E-state index in [0.717, 1.165) is 5.56 Å². The summed E-state index contributed by atoms with van der Waals surface area (Å²) in [6, 6.07) is 17.5. The number of Topliss-reactive ketones (excluding diaryl/α,β-unsaturated/α-hetero) is 1. The zero-order valence-electron chi connectivity index (χ0n) is 17.4. The summed E-state index contributed by atoms with van der Waals surface area (Å²) in [7, 11) is 1.53. The maximum atomic E-state index is 13.1. The van der Waals surface area contributed by atoms with Gasteiger partial charge in [0.2, 0.25) is 0 Å². The molecule has 1 aliphatic rings. The first kappa shape index (κ1) is 21.6. The Morgan fingerprint density at radius 2 is 1.66 bits per heavy atom. The summed E-state index contributed by atoms with van der Waals surface area (Å²) in [4.78, 5) is 27.6. The van der Waals surface area contributed by atoms with Crippen LogP contribution in [0.25, 0.3) is 5.76 Å². The molecule has 0 bridgehead atoms. The minimum absolute atomic E-state index is 0.0293. The largest absolute Gasteiger partial charge is 0.508 e. The Kier molecular flexibility index (Phi) is 5.76. The smallest absolute Gasteiger partial charge is 0.300 e. The topological polar surface area (TPSA) is 87.1 Å². The summed E-state index contributed by atoms with van der Waals surface area (Å²) in [6.45, 7) is 1.93. The number of ketones is 1. The summed E-state index contributed by atoms with van der Waals surface area (Å²) < 4.78 is 5.83. The molecule has 1 amide bonds. The van der Waals surface area contributed by atoms with Crippen LogP contribution in [0.4, 0.5) is 5.69 Å². The second kappa shape index (κ2) is 8.51. The number of aliphatic hydroxyl groups excluding tert-OH is 1. The van der Waals surface area contributed by atoms with Crippen LogP contribution in [0.5, 0.6) is 11.5 Å². The first-order valence-corrected chi connectivity index (χ1v) is 10.6. The van der Waals surface area contributed by atoms with Crippen molar-refractivity contribution >= 4 is 39.1 Å². The van der Waals surface area contributed by atoms with E-state index in [2.05, 4.69) is 15.9 Å². The number of aryl methyl sites for hydroxylation is 1. The van der Waals surface area contributed by atoms with Crippen LogP contribution in [0.2, 0.25) is 0 Å². The molecule has 0 radical (unpaired) electrons. The van der Waals surface area contributed by atoms with Gasteiger partial charge in [0.1, 0.15) is 17.3 Å². The number of carbonyl (C=O) groups excluding carboxylic acids is 2. The highest BCUT2D eigenvalue weighted by Gasteiger charge is 2.47. The van der Waals surface area contributed by atoms with Gasteiger partial charge < -0.3 is 14.9 Å². The summed E-state index contributed by atoms with van der Waals surface area (Å²) in [5, 5.41) is 20.9. The molecule has 1 fully saturated rings. The molecule has 6 nitrogen and oxygen atoms in total. The molecular formula is C25H20BrNO5. The van der Waals surface area contributed by atoms with E-state index in [1.807, 2.05) is 19.1 Å². The van der Waals surface area contributed by atoms with Crippen molar-refractivity contribution in [2.24, 2.45) is 0 Å². The molecule has 1 aliphatic heterocycles. The number of nitrogens with zero attached hydrogens (tertiary/aromatic N) is 1. The molecule has 32 heavy (non-hydrogen) atoms. The highest BCUT2D eigenvalue weighted by Crippen LogP contribution is 2.43. The van der Waals surface area contributed by atoms with Gasteiger partial charge in [-0.2, -0.15) is 0 Å². The quantitative estimate of drug-likeness (QED) is 0.300. The van der Waals surface area contributed by atoms with E-state index in [9.17, 15) is 19.8 Å². The van der Waals surface area contributed by atoms with Crippen LogP contribution >= 0.6 is 15.9 Å². The van der Waals surface area contributed by atoms with E-state index in [1.54, 1.807) is 42.5 Å². The fourth-order valence-corrected chi connectivity index (χ4v) is 4.29. The number of benzene rings is 3. The number of halogens is 1. The Bertz CT molecular complexity index is 1230. The van der Waals surface area contributed by atoms with Crippen molar-refractivity contribution < 1.29 is 24.5 Å². The number of anilines is 1. The van der Waals surface area contributed by atoms with Gasteiger partial charge in [-0.05, 0) is 70.9 Å². The number of hydrogen-bond donors (Lipinski definition) is 2. The maximum Gasteiger partial charge on any atom is 0.300 e. The van der Waals surface area contributed by atoms with Gasteiger partial charge in [0.05, 0.1) is 23.2 Å². The lowest BCUT2D eigenvalue weighted by atomic mass is 9.95. The molecule has 1 saturated heterocycles. The number of aliphatic hydroxyl groups is 1. The third-order valence-electron chi connectivity index (χ3n) is 5.39. The van der Waals surface area contributed by atoms with Crippen molar-refractivity contribution in [3.63, 3.8) is 0 Å². The lowest BCUT2D eigenvalue weighted by Gasteiger charge is -2.25. The second-order valence-electron chi connectivity index (χ2n) is 7.45. The van der Waals surface area contributed by atoms with Gasteiger partial charge >= 0.3 is 0 Å². The Hall–Kier alpha value is -3.58. The molecule has 0 aromatic heterocycles. The highest BCUT2D eigenvalue weighted by atomic mass is 79.9. The number of phenols is 1. The lowest BCUT2D eigenvalue weighted by molar-refractivity contribution is -0.132. The van der Waals surface area contributed by atoms with Gasteiger partial charge in [0, 0.05) is 11.3 Å². The van der Waals surface area contributed by atoms with Crippen LogP contribution in [-0.2, 0) is 9.59 Å². The molecule has 2 N–H and O–H groups in total. The summed E-state index contributed by atoms with van der Waals surface area (Å²) in [5.74, 6) is -1.19. The van der Waals surface area contributed by atoms with Crippen molar-refractivity contribution in [2.75, 3.05) is 12.0 Å². The SMILES string of the molecule is COc1ccc(/C(O)=C2/C(=O)C(=O)N(c3ccc(C)cc3)C2c2ccc(O)cc2)cc1Br. The number of carbonyl (C=O) groups is 2. The minimum Gasteiger partial charge on any atom is -0.508 e. The second-order valence-corrected chi connectivity index (χ2v) is 8.30. The van der Waals surface area contributed by atoms with E-state index in [4.69, 9.17) is 4.74 Å².